The fraction of sp³-hybridized carbons (Fsp3) is 0.857. The molecule has 2 nitrogen and oxygen atoms in total. The lowest BCUT2D eigenvalue weighted by Gasteiger charge is -1.98. The molecular weight excluding hydrogens is 135 g/mol. The van der Waals surface area contributed by atoms with Crippen LogP contribution < -0.4 is 0 Å². The quantitative estimate of drug-likeness (QED) is 0.561. The van der Waals surface area contributed by atoms with E-state index in [0.717, 1.165) is 6.42 Å². The molecule has 0 unspecified atom stereocenters. The van der Waals surface area contributed by atoms with Gasteiger partial charge >= 0.3 is 5.97 Å². The molecule has 3 heteroatoms. The van der Waals surface area contributed by atoms with Crippen LogP contribution in [0.25, 0.3) is 0 Å². The lowest BCUT2D eigenvalue weighted by atomic mass is 10.4. The summed E-state index contributed by atoms with van der Waals surface area (Å²) in [4.78, 5) is 10.7. The first-order valence-corrected chi connectivity index (χ1v) is 3.56. The third kappa shape index (κ3) is 1.69. The van der Waals surface area contributed by atoms with Gasteiger partial charge in [0.15, 0.2) is 0 Å². The van der Waals surface area contributed by atoms with Crippen molar-refractivity contribution in [1.82, 2.24) is 0 Å². The Hall–Kier alpha value is -0.600. The summed E-state index contributed by atoms with van der Waals surface area (Å²) in [6.07, 6.45) is 0.238. The number of carbonyl (C=O) groups is 1. The van der Waals surface area contributed by atoms with Gasteiger partial charge in [0.05, 0.1) is 12.5 Å². The number of carbonyl (C=O) groups excluding carboxylic acids is 1. The number of hydrogen-bond acceptors (Lipinski definition) is 2. The lowest BCUT2D eigenvalue weighted by molar-refractivity contribution is -0.145. The normalized spacial score (nSPS) is 29.8. The molecule has 58 valence electrons. The Morgan fingerprint density at radius 2 is 2.40 bits per heavy atom. The fourth-order valence-electron chi connectivity index (χ4n) is 0.718. The van der Waals surface area contributed by atoms with Gasteiger partial charge in [0.25, 0.3) is 0 Å². The average molecular weight is 146 g/mol. The van der Waals surface area contributed by atoms with E-state index in [1.165, 1.54) is 0 Å². The predicted molar refractivity (Wildman–Crippen MR) is 34.3 cm³/mol. The Bertz CT molecular complexity index is 136. The second-order valence-corrected chi connectivity index (χ2v) is 2.53. The van der Waals surface area contributed by atoms with Gasteiger partial charge in [0.1, 0.15) is 6.17 Å². The molecule has 1 aliphatic rings. The van der Waals surface area contributed by atoms with E-state index in [1.54, 1.807) is 0 Å². The largest absolute Gasteiger partial charge is 0.465 e. The van der Waals surface area contributed by atoms with Crippen molar-refractivity contribution in [3.8, 4) is 0 Å². The zero-order valence-corrected chi connectivity index (χ0v) is 5.97. The summed E-state index contributed by atoms with van der Waals surface area (Å²) in [5.41, 5.74) is 0. The summed E-state index contributed by atoms with van der Waals surface area (Å²) in [6, 6.07) is 0. The maximum Gasteiger partial charge on any atom is 0.312 e. The van der Waals surface area contributed by atoms with Crippen molar-refractivity contribution in [1.29, 1.82) is 0 Å². The molecule has 1 aliphatic carbocycles. The van der Waals surface area contributed by atoms with Gasteiger partial charge in [-0.05, 0) is 12.8 Å². The van der Waals surface area contributed by atoms with Crippen LogP contribution in [0.4, 0.5) is 4.39 Å². The zero-order valence-electron chi connectivity index (χ0n) is 5.97. The second-order valence-electron chi connectivity index (χ2n) is 2.53. The number of halogens is 1. The Morgan fingerprint density at radius 3 is 2.80 bits per heavy atom. The average Bonchev–Trinajstić information content (AvgIpc) is 2.62. The first-order chi connectivity index (χ1) is 4.75. The molecular formula is C7H11FO2. The minimum absolute atomic E-state index is 0.364. The van der Waals surface area contributed by atoms with Crippen molar-refractivity contribution >= 4 is 5.97 Å². The molecule has 1 fully saturated rings. The molecule has 0 radical (unpaired) electrons. The van der Waals surface area contributed by atoms with Gasteiger partial charge < -0.3 is 4.74 Å². The first kappa shape index (κ1) is 7.51. The van der Waals surface area contributed by atoms with Crippen molar-refractivity contribution in [3.05, 3.63) is 0 Å². The minimum atomic E-state index is -0.927. The highest BCUT2D eigenvalue weighted by Gasteiger charge is 2.44. The smallest absolute Gasteiger partial charge is 0.312 e. The molecule has 1 rings (SSSR count). The number of rotatable bonds is 3. The molecule has 0 aliphatic heterocycles. The number of ether oxygens (including phenoxy) is 1. The van der Waals surface area contributed by atoms with Crippen LogP contribution in [0.15, 0.2) is 0 Å². The van der Waals surface area contributed by atoms with Crippen molar-refractivity contribution in [2.24, 2.45) is 5.92 Å². The van der Waals surface area contributed by atoms with Crippen LogP contribution in [0.5, 0.6) is 0 Å². The molecule has 0 aromatic heterocycles. The number of alkyl halides is 1. The van der Waals surface area contributed by atoms with E-state index in [4.69, 9.17) is 4.74 Å². The van der Waals surface area contributed by atoms with Crippen LogP contribution in [-0.2, 0) is 9.53 Å². The van der Waals surface area contributed by atoms with E-state index in [1.807, 2.05) is 6.92 Å². The standard InChI is InChI=1S/C7H11FO2/c1-2-3-10-7(9)5-4-6(5)8/h5-6H,2-4H2,1H3/t5-,6+/m0/s1. The molecule has 1 saturated carbocycles. The first-order valence-electron chi connectivity index (χ1n) is 3.56. The van der Waals surface area contributed by atoms with E-state index < -0.39 is 12.1 Å². The molecule has 0 aromatic carbocycles. The summed E-state index contributed by atoms with van der Waals surface area (Å²) >= 11 is 0. The molecule has 2 atom stereocenters. The van der Waals surface area contributed by atoms with E-state index >= 15 is 0 Å². The molecule has 10 heavy (non-hydrogen) atoms. The van der Waals surface area contributed by atoms with Crippen LogP contribution >= 0.6 is 0 Å². The molecule has 0 heterocycles. The summed E-state index contributed by atoms with van der Waals surface area (Å²) in [7, 11) is 0. The van der Waals surface area contributed by atoms with Gasteiger partial charge in [-0.2, -0.15) is 0 Å². The Kier molecular flexibility index (Phi) is 2.25. The summed E-state index contributed by atoms with van der Waals surface area (Å²) < 4.78 is 16.9. The highest BCUT2D eigenvalue weighted by atomic mass is 19.1. The number of esters is 1. The summed E-state index contributed by atoms with van der Waals surface area (Å²) in [6.45, 7) is 2.33. The van der Waals surface area contributed by atoms with Gasteiger partial charge in [-0.15, -0.1) is 0 Å². The molecule has 0 spiro atoms. The lowest BCUT2D eigenvalue weighted by Crippen LogP contribution is -2.08. The van der Waals surface area contributed by atoms with E-state index in [9.17, 15) is 9.18 Å². The number of hydrogen-bond donors (Lipinski definition) is 0. The SMILES string of the molecule is CCCOC(=O)[C@H]1C[C@H]1F. The van der Waals surface area contributed by atoms with Gasteiger partial charge in [0.2, 0.25) is 0 Å². The minimum Gasteiger partial charge on any atom is -0.465 e. The second kappa shape index (κ2) is 2.99. The monoisotopic (exact) mass is 146 g/mol. The predicted octanol–water partition coefficient (Wildman–Crippen LogP) is 1.30. The third-order valence-electron chi connectivity index (χ3n) is 1.46. The van der Waals surface area contributed by atoms with E-state index in [-0.39, 0.29) is 5.97 Å². The van der Waals surface area contributed by atoms with Crippen molar-refractivity contribution in [2.75, 3.05) is 6.61 Å². The van der Waals surface area contributed by atoms with Crippen LogP contribution in [-0.4, -0.2) is 18.7 Å². The van der Waals surface area contributed by atoms with Crippen molar-refractivity contribution in [2.45, 2.75) is 25.9 Å². The van der Waals surface area contributed by atoms with Crippen molar-refractivity contribution in [3.63, 3.8) is 0 Å². The third-order valence-corrected chi connectivity index (χ3v) is 1.46. The van der Waals surface area contributed by atoms with Gasteiger partial charge in [-0.25, -0.2) is 4.39 Å². The van der Waals surface area contributed by atoms with Crippen LogP contribution in [0.2, 0.25) is 0 Å². The van der Waals surface area contributed by atoms with Gasteiger partial charge in [0, 0.05) is 0 Å². The fourth-order valence-corrected chi connectivity index (χ4v) is 0.718. The molecule has 0 amide bonds. The molecule has 0 aromatic rings. The highest BCUT2D eigenvalue weighted by molar-refractivity contribution is 5.76. The van der Waals surface area contributed by atoms with E-state index in [0.29, 0.717) is 13.0 Å². The van der Waals surface area contributed by atoms with Crippen molar-refractivity contribution < 1.29 is 13.9 Å². The van der Waals surface area contributed by atoms with Gasteiger partial charge in [-0.1, -0.05) is 6.92 Å². The van der Waals surface area contributed by atoms with Crippen LogP contribution in [0.3, 0.4) is 0 Å². The molecule has 0 bridgehead atoms. The highest BCUT2D eigenvalue weighted by Crippen LogP contribution is 2.34. The Balaban J connectivity index is 2.11. The van der Waals surface area contributed by atoms with Gasteiger partial charge in [-0.3, -0.25) is 4.79 Å². The van der Waals surface area contributed by atoms with Crippen LogP contribution in [0.1, 0.15) is 19.8 Å². The van der Waals surface area contributed by atoms with E-state index in [2.05, 4.69) is 0 Å². The maximum absolute atomic E-state index is 12.2. The van der Waals surface area contributed by atoms with Crippen LogP contribution in [0, 0.1) is 5.92 Å². The molecule has 0 saturated heterocycles. The maximum atomic E-state index is 12.2. The zero-order chi connectivity index (χ0) is 7.56. The Labute approximate surface area is 59.4 Å². The summed E-state index contributed by atoms with van der Waals surface area (Å²) in [5.74, 6) is -0.805. The molecule has 0 N–H and O–H groups in total. The topological polar surface area (TPSA) is 26.3 Å². The Morgan fingerprint density at radius 1 is 1.80 bits per heavy atom. The summed E-state index contributed by atoms with van der Waals surface area (Å²) in [5, 5.41) is 0.